The summed E-state index contributed by atoms with van der Waals surface area (Å²) in [4.78, 5) is 9.49. The molecule has 0 aromatic heterocycles. The van der Waals surface area contributed by atoms with Gasteiger partial charge in [-0.1, -0.05) is 18.7 Å². The molecule has 0 aliphatic rings. The van der Waals surface area contributed by atoms with Crippen molar-refractivity contribution in [2.24, 2.45) is 5.73 Å². The minimum absolute atomic E-state index is 0.0648. The lowest BCUT2D eigenvalue weighted by Crippen LogP contribution is -1.98. The lowest BCUT2D eigenvalue weighted by Gasteiger charge is -1.88. The topological polar surface area (TPSA) is 72.5 Å². The predicted molar refractivity (Wildman–Crippen MR) is 43.4 cm³/mol. The fourth-order valence-electron chi connectivity index (χ4n) is 0.130. The predicted octanol–water partition coefficient (Wildman–Crippen LogP) is 0.998. The first-order chi connectivity index (χ1) is 5.18. The molecule has 64 valence electrons. The number of hydrogen-bond donors (Lipinski definition) is 2. The Labute approximate surface area is 66.0 Å². The Morgan fingerprint density at radius 3 is 2.09 bits per heavy atom. The Hall–Kier alpha value is -1.29. The van der Waals surface area contributed by atoms with Gasteiger partial charge in [0.1, 0.15) is 6.61 Å². The van der Waals surface area contributed by atoms with Crippen molar-refractivity contribution < 1.29 is 14.6 Å². The summed E-state index contributed by atoms with van der Waals surface area (Å²) < 4.78 is 3.99. The molecule has 0 aliphatic heterocycles. The lowest BCUT2D eigenvalue weighted by atomic mass is 10.7. The van der Waals surface area contributed by atoms with Crippen LogP contribution in [0.1, 0.15) is 0 Å². The highest BCUT2D eigenvalue weighted by atomic mass is 16.7. The molecule has 3 N–H and O–H groups in total. The SMILES string of the molecule is C=CCN.C=CCOC(=O)O. The second-order valence-corrected chi connectivity index (χ2v) is 1.39. The van der Waals surface area contributed by atoms with Crippen molar-refractivity contribution in [2.75, 3.05) is 13.2 Å². The van der Waals surface area contributed by atoms with E-state index in [-0.39, 0.29) is 6.61 Å². The van der Waals surface area contributed by atoms with E-state index in [0.29, 0.717) is 6.54 Å². The Kier molecular flexibility index (Phi) is 13.0. The number of nitrogens with two attached hydrogens (primary N) is 1. The van der Waals surface area contributed by atoms with Crippen molar-refractivity contribution in [1.29, 1.82) is 0 Å². The fraction of sp³-hybridized carbons (Fsp3) is 0.286. The number of ether oxygens (including phenoxy) is 1. The highest BCUT2D eigenvalue weighted by molar-refractivity contribution is 5.56. The third-order valence-corrected chi connectivity index (χ3v) is 0.491. The highest BCUT2D eigenvalue weighted by Crippen LogP contribution is 1.73. The molecular formula is C7H13NO3. The van der Waals surface area contributed by atoms with Crippen molar-refractivity contribution in [3.8, 4) is 0 Å². The zero-order chi connectivity index (χ0) is 9.11. The van der Waals surface area contributed by atoms with Gasteiger partial charge in [-0.25, -0.2) is 4.79 Å². The molecule has 4 heteroatoms. The second kappa shape index (κ2) is 11.5. The van der Waals surface area contributed by atoms with Crippen molar-refractivity contribution in [3.63, 3.8) is 0 Å². The minimum Gasteiger partial charge on any atom is -0.450 e. The zero-order valence-electron chi connectivity index (χ0n) is 6.32. The number of hydrogen-bond acceptors (Lipinski definition) is 3. The third-order valence-electron chi connectivity index (χ3n) is 0.491. The molecule has 0 aliphatic carbocycles. The summed E-state index contributed by atoms with van der Waals surface area (Å²) in [5.74, 6) is 0. The second-order valence-electron chi connectivity index (χ2n) is 1.39. The standard InChI is InChI=1S/C4H6O3.C3H7N/c1-2-3-7-4(5)6;1-2-3-4/h2H,1,3H2,(H,5,6);2H,1,3-4H2. The average Bonchev–Trinajstić information content (AvgIpc) is 2.01. The molecule has 4 nitrogen and oxygen atoms in total. The van der Waals surface area contributed by atoms with Crippen LogP contribution in [0.2, 0.25) is 0 Å². The van der Waals surface area contributed by atoms with Crippen molar-refractivity contribution >= 4 is 6.16 Å². The molecule has 0 heterocycles. The van der Waals surface area contributed by atoms with E-state index in [1.165, 1.54) is 6.08 Å². The summed E-state index contributed by atoms with van der Waals surface area (Å²) in [5, 5.41) is 7.77. The van der Waals surface area contributed by atoms with Gasteiger partial charge in [-0.05, 0) is 0 Å². The van der Waals surface area contributed by atoms with Crippen LogP contribution < -0.4 is 5.73 Å². The van der Waals surface area contributed by atoms with E-state index in [0.717, 1.165) is 0 Å². The maximum Gasteiger partial charge on any atom is 0.506 e. The molecule has 0 saturated carbocycles. The van der Waals surface area contributed by atoms with E-state index < -0.39 is 6.16 Å². The summed E-state index contributed by atoms with van der Waals surface area (Å²) in [5.41, 5.74) is 4.91. The van der Waals surface area contributed by atoms with Gasteiger partial charge in [0.05, 0.1) is 0 Å². The van der Waals surface area contributed by atoms with Crippen LogP contribution >= 0.6 is 0 Å². The van der Waals surface area contributed by atoms with Gasteiger partial charge >= 0.3 is 6.16 Å². The molecular weight excluding hydrogens is 146 g/mol. The molecule has 0 unspecified atom stereocenters. The van der Waals surface area contributed by atoms with Crippen molar-refractivity contribution in [3.05, 3.63) is 25.3 Å². The zero-order valence-corrected chi connectivity index (χ0v) is 6.32. The van der Waals surface area contributed by atoms with E-state index >= 15 is 0 Å². The van der Waals surface area contributed by atoms with Crippen LogP contribution in [0.3, 0.4) is 0 Å². The van der Waals surface area contributed by atoms with Crippen LogP contribution in [-0.4, -0.2) is 24.4 Å². The van der Waals surface area contributed by atoms with Gasteiger partial charge < -0.3 is 15.6 Å². The van der Waals surface area contributed by atoms with E-state index in [1.54, 1.807) is 6.08 Å². The molecule has 0 atom stereocenters. The fourth-order valence-corrected chi connectivity index (χ4v) is 0.130. The largest absolute Gasteiger partial charge is 0.506 e. The van der Waals surface area contributed by atoms with Crippen LogP contribution in [0, 0.1) is 0 Å². The molecule has 0 bridgehead atoms. The normalized spacial score (nSPS) is 7.00. The summed E-state index contributed by atoms with van der Waals surface area (Å²) >= 11 is 0. The Bertz CT molecular complexity index is 123. The summed E-state index contributed by atoms with van der Waals surface area (Å²) in [6, 6.07) is 0. The first-order valence-electron chi connectivity index (χ1n) is 2.96. The quantitative estimate of drug-likeness (QED) is 0.476. The van der Waals surface area contributed by atoms with Crippen LogP contribution in [0.25, 0.3) is 0 Å². The van der Waals surface area contributed by atoms with Crippen molar-refractivity contribution in [2.45, 2.75) is 0 Å². The minimum atomic E-state index is -1.26. The van der Waals surface area contributed by atoms with Gasteiger partial charge in [0.2, 0.25) is 0 Å². The van der Waals surface area contributed by atoms with Gasteiger partial charge in [0, 0.05) is 6.54 Å². The summed E-state index contributed by atoms with van der Waals surface area (Å²) in [6.45, 7) is 7.25. The van der Waals surface area contributed by atoms with Crippen molar-refractivity contribution in [1.82, 2.24) is 0 Å². The number of rotatable bonds is 3. The van der Waals surface area contributed by atoms with Gasteiger partial charge in [-0.3, -0.25) is 0 Å². The van der Waals surface area contributed by atoms with Crippen LogP contribution in [0.5, 0.6) is 0 Å². The molecule has 0 fully saturated rings. The summed E-state index contributed by atoms with van der Waals surface area (Å²) in [7, 11) is 0. The number of carbonyl (C=O) groups is 1. The maximum atomic E-state index is 9.49. The van der Waals surface area contributed by atoms with E-state index in [4.69, 9.17) is 10.8 Å². The molecule has 0 saturated heterocycles. The van der Waals surface area contributed by atoms with Gasteiger partial charge in [0.15, 0.2) is 0 Å². The third kappa shape index (κ3) is 28.5. The molecule has 0 radical (unpaired) electrons. The van der Waals surface area contributed by atoms with Gasteiger partial charge in [0.25, 0.3) is 0 Å². The smallest absolute Gasteiger partial charge is 0.450 e. The number of carboxylic acid groups (broad SMARTS) is 1. The van der Waals surface area contributed by atoms with Crippen LogP contribution in [-0.2, 0) is 4.74 Å². The molecule has 0 rings (SSSR count). The summed E-state index contributed by atoms with van der Waals surface area (Å²) in [6.07, 6.45) is 1.76. The Morgan fingerprint density at radius 1 is 1.55 bits per heavy atom. The monoisotopic (exact) mass is 159 g/mol. The Morgan fingerprint density at radius 2 is 2.00 bits per heavy atom. The van der Waals surface area contributed by atoms with E-state index in [1.807, 2.05) is 0 Å². The molecule has 0 spiro atoms. The van der Waals surface area contributed by atoms with Crippen LogP contribution in [0.15, 0.2) is 25.3 Å². The van der Waals surface area contributed by atoms with Gasteiger partial charge in [-0.15, -0.1) is 6.58 Å². The van der Waals surface area contributed by atoms with Gasteiger partial charge in [-0.2, -0.15) is 0 Å². The Balaban J connectivity index is 0. The molecule has 0 aromatic carbocycles. The average molecular weight is 159 g/mol. The van der Waals surface area contributed by atoms with E-state index in [9.17, 15) is 4.79 Å². The molecule has 0 aromatic rings. The molecule has 11 heavy (non-hydrogen) atoms. The first kappa shape index (κ1) is 12.4. The maximum absolute atomic E-state index is 9.49. The first-order valence-corrected chi connectivity index (χ1v) is 2.96. The molecule has 0 amide bonds. The van der Waals surface area contributed by atoms with Crippen LogP contribution in [0.4, 0.5) is 4.79 Å². The highest BCUT2D eigenvalue weighted by Gasteiger charge is 1.87. The lowest BCUT2D eigenvalue weighted by molar-refractivity contribution is 0.102. The van der Waals surface area contributed by atoms with E-state index in [2.05, 4.69) is 17.9 Å².